The first-order chi connectivity index (χ1) is 8.28. The maximum absolute atomic E-state index is 14.4. The fourth-order valence-electron chi connectivity index (χ4n) is 3.48. The van der Waals surface area contributed by atoms with Gasteiger partial charge in [-0.05, 0) is 49.3 Å². The number of rotatable bonds is 1. The fourth-order valence-corrected chi connectivity index (χ4v) is 3.48. The van der Waals surface area contributed by atoms with Crippen molar-refractivity contribution in [1.82, 2.24) is 0 Å². The summed E-state index contributed by atoms with van der Waals surface area (Å²) >= 11 is 0. The Morgan fingerprint density at radius 3 is 2.28 bits per heavy atom. The molecule has 1 aliphatic carbocycles. The van der Waals surface area contributed by atoms with E-state index >= 15 is 0 Å². The van der Waals surface area contributed by atoms with Gasteiger partial charge in [0.2, 0.25) is 0 Å². The Morgan fingerprint density at radius 2 is 1.72 bits per heavy atom. The van der Waals surface area contributed by atoms with Gasteiger partial charge < -0.3 is 5.73 Å². The van der Waals surface area contributed by atoms with Crippen molar-refractivity contribution in [2.24, 2.45) is 11.1 Å². The third-order valence-corrected chi connectivity index (χ3v) is 4.71. The van der Waals surface area contributed by atoms with E-state index in [0.717, 1.165) is 36.0 Å². The standard InChI is InChI=1S/C16H24FN/c1-11-9-12(2)14(13(17)10-11)16(18)8-6-5-7-15(16,3)4/h9-10H,5-8,18H2,1-4H3. The van der Waals surface area contributed by atoms with Gasteiger partial charge in [0.05, 0.1) is 0 Å². The van der Waals surface area contributed by atoms with Crippen molar-refractivity contribution in [3.05, 3.63) is 34.6 Å². The van der Waals surface area contributed by atoms with Crippen LogP contribution < -0.4 is 5.73 Å². The predicted octanol–water partition coefficient (Wildman–Crippen LogP) is 4.20. The number of aryl methyl sites for hydroxylation is 2. The average Bonchev–Trinajstić information content (AvgIpc) is 2.21. The van der Waals surface area contributed by atoms with Gasteiger partial charge in [-0.3, -0.25) is 0 Å². The molecule has 2 heteroatoms. The molecule has 2 N–H and O–H groups in total. The quantitative estimate of drug-likeness (QED) is 0.793. The first kappa shape index (κ1) is 13.5. The minimum absolute atomic E-state index is 0.0495. The zero-order valence-electron chi connectivity index (χ0n) is 11.9. The molecule has 1 saturated carbocycles. The minimum atomic E-state index is -0.535. The Hall–Kier alpha value is -0.890. The van der Waals surface area contributed by atoms with Crippen LogP contribution in [0.4, 0.5) is 4.39 Å². The number of benzene rings is 1. The van der Waals surface area contributed by atoms with Crippen molar-refractivity contribution in [2.45, 2.75) is 58.9 Å². The summed E-state index contributed by atoms with van der Waals surface area (Å²) in [4.78, 5) is 0. The molecule has 0 heterocycles. The second-order valence-corrected chi connectivity index (χ2v) is 6.50. The molecule has 1 aliphatic rings. The van der Waals surface area contributed by atoms with Crippen LogP contribution in [0, 0.1) is 25.1 Å². The summed E-state index contributed by atoms with van der Waals surface area (Å²) in [5, 5.41) is 0. The van der Waals surface area contributed by atoms with Crippen LogP contribution in [0.1, 0.15) is 56.2 Å². The van der Waals surface area contributed by atoms with Gasteiger partial charge >= 0.3 is 0 Å². The molecule has 1 fully saturated rings. The van der Waals surface area contributed by atoms with E-state index < -0.39 is 5.54 Å². The molecule has 0 bridgehead atoms. The van der Waals surface area contributed by atoms with Crippen molar-refractivity contribution in [2.75, 3.05) is 0 Å². The van der Waals surface area contributed by atoms with Gasteiger partial charge in [-0.1, -0.05) is 32.8 Å². The lowest BCUT2D eigenvalue weighted by atomic mass is 9.60. The second-order valence-electron chi connectivity index (χ2n) is 6.50. The molecule has 0 spiro atoms. The van der Waals surface area contributed by atoms with Gasteiger partial charge in [0, 0.05) is 11.1 Å². The number of hydrogen-bond acceptors (Lipinski definition) is 1. The molecule has 100 valence electrons. The second kappa shape index (κ2) is 4.34. The largest absolute Gasteiger partial charge is 0.321 e. The first-order valence-electron chi connectivity index (χ1n) is 6.84. The van der Waals surface area contributed by atoms with Crippen molar-refractivity contribution in [3.8, 4) is 0 Å². The summed E-state index contributed by atoms with van der Waals surface area (Å²) in [6.45, 7) is 8.25. The van der Waals surface area contributed by atoms with Crippen LogP contribution >= 0.6 is 0 Å². The Labute approximate surface area is 110 Å². The zero-order valence-corrected chi connectivity index (χ0v) is 11.9. The van der Waals surface area contributed by atoms with Crippen LogP contribution in [-0.4, -0.2) is 0 Å². The summed E-state index contributed by atoms with van der Waals surface area (Å²) in [7, 11) is 0. The maximum atomic E-state index is 14.4. The van der Waals surface area contributed by atoms with Gasteiger partial charge in [0.25, 0.3) is 0 Å². The lowest BCUT2D eigenvalue weighted by Crippen LogP contribution is -2.52. The molecule has 1 nitrogen and oxygen atoms in total. The van der Waals surface area contributed by atoms with E-state index in [1.807, 2.05) is 19.9 Å². The van der Waals surface area contributed by atoms with E-state index in [9.17, 15) is 4.39 Å². The van der Waals surface area contributed by atoms with Gasteiger partial charge in [0.1, 0.15) is 5.82 Å². The normalized spacial score (nSPS) is 27.2. The van der Waals surface area contributed by atoms with Crippen LogP contribution in [0.2, 0.25) is 0 Å². The SMILES string of the molecule is Cc1cc(C)c(C2(N)CCCCC2(C)C)c(F)c1. The fraction of sp³-hybridized carbons (Fsp3) is 0.625. The summed E-state index contributed by atoms with van der Waals surface area (Å²) in [5.74, 6) is -0.134. The number of nitrogens with two attached hydrogens (primary N) is 1. The highest BCUT2D eigenvalue weighted by atomic mass is 19.1. The summed E-state index contributed by atoms with van der Waals surface area (Å²) in [5.41, 5.74) is 8.77. The topological polar surface area (TPSA) is 26.0 Å². The molecule has 2 rings (SSSR count). The van der Waals surface area contributed by atoms with Crippen molar-refractivity contribution in [1.29, 1.82) is 0 Å². The molecule has 0 radical (unpaired) electrons. The van der Waals surface area contributed by atoms with Crippen molar-refractivity contribution >= 4 is 0 Å². The lowest BCUT2D eigenvalue weighted by molar-refractivity contribution is 0.0936. The summed E-state index contributed by atoms with van der Waals surface area (Å²) in [6, 6.07) is 3.65. The molecule has 1 unspecified atom stereocenters. The van der Waals surface area contributed by atoms with E-state index in [1.165, 1.54) is 6.42 Å². The molecule has 18 heavy (non-hydrogen) atoms. The van der Waals surface area contributed by atoms with Crippen LogP contribution in [0.15, 0.2) is 12.1 Å². The Kier molecular flexibility index (Phi) is 3.26. The highest BCUT2D eigenvalue weighted by molar-refractivity contribution is 5.39. The van der Waals surface area contributed by atoms with E-state index in [1.54, 1.807) is 6.07 Å². The average molecular weight is 249 g/mol. The predicted molar refractivity (Wildman–Crippen MR) is 74.0 cm³/mol. The Bertz CT molecular complexity index is 441. The number of hydrogen-bond donors (Lipinski definition) is 1. The molecule has 0 aliphatic heterocycles. The molecule has 0 amide bonds. The lowest BCUT2D eigenvalue weighted by Gasteiger charge is -2.49. The maximum Gasteiger partial charge on any atom is 0.128 e. The van der Waals surface area contributed by atoms with Gasteiger partial charge in [-0.25, -0.2) is 4.39 Å². The highest BCUT2D eigenvalue weighted by Crippen LogP contribution is 2.49. The van der Waals surface area contributed by atoms with Gasteiger partial charge in [-0.15, -0.1) is 0 Å². The molecular formula is C16H24FN. The zero-order chi connectivity index (χ0) is 13.6. The van der Waals surface area contributed by atoms with Crippen molar-refractivity contribution < 1.29 is 4.39 Å². The van der Waals surface area contributed by atoms with E-state index in [0.29, 0.717) is 0 Å². The van der Waals surface area contributed by atoms with Gasteiger partial charge in [-0.2, -0.15) is 0 Å². The van der Waals surface area contributed by atoms with E-state index in [-0.39, 0.29) is 11.2 Å². The summed E-state index contributed by atoms with van der Waals surface area (Å²) in [6.07, 6.45) is 4.22. The highest BCUT2D eigenvalue weighted by Gasteiger charge is 2.46. The Morgan fingerprint density at radius 1 is 1.11 bits per heavy atom. The van der Waals surface area contributed by atoms with E-state index in [4.69, 9.17) is 5.73 Å². The number of halogens is 1. The van der Waals surface area contributed by atoms with Crippen LogP contribution in [0.25, 0.3) is 0 Å². The van der Waals surface area contributed by atoms with Crippen LogP contribution in [0.5, 0.6) is 0 Å². The van der Waals surface area contributed by atoms with Gasteiger partial charge in [0.15, 0.2) is 0 Å². The smallest absolute Gasteiger partial charge is 0.128 e. The van der Waals surface area contributed by atoms with Crippen LogP contribution in [-0.2, 0) is 5.54 Å². The minimum Gasteiger partial charge on any atom is -0.321 e. The Balaban J connectivity index is 2.59. The molecular weight excluding hydrogens is 225 g/mol. The third-order valence-electron chi connectivity index (χ3n) is 4.71. The molecule has 0 aromatic heterocycles. The van der Waals surface area contributed by atoms with Crippen LogP contribution in [0.3, 0.4) is 0 Å². The van der Waals surface area contributed by atoms with Crippen molar-refractivity contribution in [3.63, 3.8) is 0 Å². The molecule has 1 aromatic rings. The molecule has 0 saturated heterocycles. The third kappa shape index (κ3) is 1.97. The first-order valence-corrected chi connectivity index (χ1v) is 6.84. The van der Waals surface area contributed by atoms with E-state index in [2.05, 4.69) is 13.8 Å². The molecule has 1 aromatic carbocycles. The molecule has 1 atom stereocenters. The summed E-state index contributed by atoms with van der Waals surface area (Å²) < 4.78 is 14.4. The monoisotopic (exact) mass is 249 g/mol.